The first-order valence-electron chi connectivity index (χ1n) is 9.90. The number of ether oxygens (including phenoxy) is 2. The molecule has 0 aliphatic carbocycles. The Morgan fingerprint density at radius 3 is 2.67 bits per heavy atom. The van der Waals surface area contributed by atoms with E-state index in [4.69, 9.17) is 21.1 Å². The number of aryl methyl sites for hydroxylation is 3. The Hall–Kier alpha value is -2.31. The van der Waals surface area contributed by atoms with Crippen molar-refractivity contribution in [1.82, 2.24) is 9.88 Å². The van der Waals surface area contributed by atoms with Crippen LogP contribution in [0.5, 0.6) is 5.75 Å². The molecule has 1 aromatic carbocycles. The van der Waals surface area contributed by atoms with E-state index in [1.807, 2.05) is 32.9 Å². The van der Waals surface area contributed by atoms with Crippen LogP contribution in [0.4, 0.5) is 0 Å². The molecule has 0 spiro atoms. The number of benzene rings is 1. The van der Waals surface area contributed by atoms with Crippen molar-refractivity contribution < 1.29 is 14.3 Å². The molecule has 1 saturated heterocycles. The van der Waals surface area contributed by atoms with Crippen molar-refractivity contribution in [1.29, 1.82) is 0 Å². The van der Waals surface area contributed by atoms with E-state index in [0.717, 1.165) is 28.8 Å². The number of aromatic amines is 1. The highest BCUT2D eigenvalue weighted by molar-refractivity contribution is 6.35. The van der Waals surface area contributed by atoms with E-state index in [1.54, 1.807) is 4.90 Å². The lowest BCUT2D eigenvalue weighted by Gasteiger charge is -2.31. The van der Waals surface area contributed by atoms with Gasteiger partial charge in [0.2, 0.25) is 0 Å². The molecule has 0 bridgehead atoms. The van der Waals surface area contributed by atoms with Crippen LogP contribution in [-0.4, -0.2) is 41.7 Å². The first-order valence-corrected chi connectivity index (χ1v) is 10.3. The second kappa shape index (κ2) is 8.82. The van der Waals surface area contributed by atoms with E-state index in [0.29, 0.717) is 48.1 Å². The van der Waals surface area contributed by atoms with Crippen molar-refractivity contribution in [3.63, 3.8) is 0 Å². The van der Waals surface area contributed by atoms with Crippen LogP contribution >= 0.6 is 11.6 Å². The molecule has 1 fully saturated rings. The summed E-state index contributed by atoms with van der Waals surface area (Å²) in [4.78, 5) is 30.2. The monoisotopic (exact) mass is 432 g/mol. The summed E-state index contributed by atoms with van der Waals surface area (Å²) in [6.07, 6.45) is 1.46. The molecular formula is C23H29ClN2O4. The topological polar surface area (TPSA) is 71.6 Å². The normalized spacial score (nSPS) is 18.2. The van der Waals surface area contributed by atoms with Crippen molar-refractivity contribution in [3.8, 4) is 5.75 Å². The minimum atomic E-state index is -0.160. The molecule has 2 aromatic rings. The summed E-state index contributed by atoms with van der Waals surface area (Å²) in [5.41, 5.74) is 4.59. The number of nitrogens with zero attached hydrogens (tertiary/aromatic N) is 1. The van der Waals surface area contributed by atoms with E-state index in [1.165, 1.54) is 0 Å². The maximum Gasteiger partial charge on any atom is 0.256 e. The third-order valence-corrected chi connectivity index (χ3v) is 6.09. The molecule has 0 saturated carbocycles. The third-order valence-electron chi connectivity index (χ3n) is 5.72. The minimum Gasteiger partial charge on any atom is -0.486 e. The fourth-order valence-corrected chi connectivity index (χ4v) is 4.44. The van der Waals surface area contributed by atoms with Gasteiger partial charge in [0.15, 0.2) is 0 Å². The van der Waals surface area contributed by atoms with Crippen LogP contribution in [0, 0.1) is 20.8 Å². The maximum absolute atomic E-state index is 13.3. The lowest BCUT2D eigenvalue weighted by molar-refractivity contribution is 0.0724. The Morgan fingerprint density at radius 2 is 2.00 bits per heavy atom. The fraction of sp³-hybridized carbons (Fsp3) is 0.478. The van der Waals surface area contributed by atoms with Crippen molar-refractivity contribution >= 4 is 17.5 Å². The molecule has 0 unspecified atom stereocenters. The molecule has 6 nitrogen and oxygen atoms in total. The number of halogens is 1. The average molecular weight is 433 g/mol. The number of hydrogen-bond donors (Lipinski definition) is 1. The number of rotatable bonds is 4. The summed E-state index contributed by atoms with van der Waals surface area (Å²) in [6, 6.07) is 3.84. The highest BCUT2D eigenvalue weighted by Gasteiger charge is 2.31. The molecule has 3 heterocycles. The van der Waals surface area contributed by atoms with Crippen molar-refractivity contribution in [3.05, 3.63) is 61.0 Å². The molecule has 1 N–H and O–H groups in total. The third kappa shape index (κ3) is 4.12. The summed E-state index contributed by atoms with van der Waals surface area (Å²) in [5, 5.41) is 0.349. The smallest absolute Gasteiger partial charge is 0.256 e. The standard InChI is InChI=1S/C22H25ClN2O4.CH4/c1-12-8-14(3)24-21(26)17(12)10-25-6-4-16-13(2)9-18(20(23)19(16)22(25)27)29-15-5-7-28-11-15;/h8-9,15H,4-7,10-11H2,1-3H3,(H,24,26);1H4/t15-;/m1./s1. The van der Waals surface area contributed by atoms with Gasteiger partial charge in [-0.25, -0.2) is 0 Å². The minimum absolute atomic E-state index is 0. The van der Waals surface area contributed by atoms with Gasteiger partial charge in [0.25, 0.3) is 11.5 Å². The zero-order valence-corrected chi connectivity index (χ0v) is 17.7. The number of H-pyrrole nitrogens is 1. The largest absolute Gasteiger partial charge is 0.486 e. The average Bonchev–Trinajstić information content (AvgIpc) is 3.16. The summed E-state index contributed by atoms with van der Waals surface area (Å²) in [5.74, 6) is 0.366. The van der Waals surface area contributed by atoms with E-state index >= 15 is 0 Å². The van der Waals surface area contributed by atoms with Crippen molar-refractivity contribution in [2.75, 3.05) is 19.8 Å². The molecule has 30 heavy (non-hydrogen) atoms. The number of pyridine rings is 1. The summed E-state index contributed by atoms with van der Waals surface area (Å²) in [7, 11) is 0. The second-order valence-electron chi connectivity index (χ2n) is 7.88. The van der Waals surface area contributed by atoms with Crippen molar-refractivity contribution in [2.45, 2.75) is 53.7 Å². The van der Waals surface area contributed by atoms with Crippen LogP contribution in [-0.2, 0) is 17.7 Å². The van der Waals surface area contributed by atoms with Gasteiger partial charge in [-0.3, -0.25) is 9.59 Å². The predicted octanol–water partition coefficient (Wildman–Crippen LogP) is 3.96. The lowest BCUT2D eigenvalue weighted by Crippen LogP contribution is -2.39. The predicted molar refractivity (Wildman–Crippen MR) is 118 cm³/mol. The van der Waals surface area contributed by atoms with Gasteiger partial charge in [0, 0.05) is 24.2 Å². The number of nitrogens with one attached hydrogen (secondary N) is 1. The molecule has 1 aromatic heterocycles. The Morgan fingerprint density at radius 1 is 1.23 bits per heavy atom. The number of aromatic nitrogens is 1. The van der Waals surface area contributed by atoms with Gasteiger partial charge in [-0.15, -0.1) is 0 Å². The molecule has 2 aliphatic rings. The molecule has 1 amide bonds. The summed E-state index contributed by atoms with van der Waals surface area (Å²) in [6.45, 7) is 7.73. The quantitative estimate of drug-likeness (QED) is 0.793. The maximum atomic E-state index is 13.3. The van der Waals surface area contributed by atoms with Crippen LogP contribution in [0.25, 0.3) is 0 Å². The van der Waals surface area contributed by atoms with Gasteiger partial charge in [-0.05, 0) is 56.0 Å². The molecule has 162 valence electrons. The van der Waals surface area contributed by atoms with E-state index < -0.39 is 0 Å². The van der Waals surface area contributed by atoms with Crippen molar-refractivity contribution in [2.24, 2.45) is 0 Å². The highest BCUT2D eigenvalue weighted by atomic mass is 35.5. The Balaban J connectivity index is 0.00000256. The fourth-order valence-electron chi connectivity index (χ4n) is 4.14. The lowest BCUT2D eigenvalue weighted by atomic mass is 9.93. The number of carbonyl (C=O) groups is 1. The van der Waals surface area contributed by atoms with Crippen LogP contribution in [0.3, 0.4) is 0 Å². The van der Waals surface area contributed by atoms with Gasteiger partial charge in [0.05, 0.1) is 30.3 Å². The Kier molecular flexibility index (Phi) is 6.58. The second-order valence-corrected chi connectivity index (χ2v) is 8.26. The SMILES string of the molecule is C.Cc1cc(C)c(CN2CCc3c(C)cc(O[C@@H]4CCOC4)c(Cl)c3C2=O)c(=O)[nH]1. The highest BCUT2D eigenvalue weighted by Crippen LogP contribution is 2.37. The molecule has 0 radical (unpaired) electrons. The first kappa shape index (κ1) is 22.4. The zero-order chi connectivity index (χ0) is 20.7. The number of hydrogen-bond acceptors (Lipinski definition) is 4. The number of fused-ring (bicyclic) bond motifs is 1. The molecule has 2 aliphatic heterocycles. The Bertz CT molecular complexity index is 1020. The van der Waals surface area contributed by atoms with E-state index in [2.05, 4.69) is 4.98 Å². The summed E-state index contributed by atoms with van der Waals surface area (Å²) >= 11 is 6.64. The number of carbonyl (C=O) groups excluding carboxylic acids is 1. The van der Waals surface area contributed by atoms with Gasteiger partial charge in [0.1, 0.15) is 11.9 Å². The van der Waals surface area contributed by atoms with Gasteiger partial charge >= 0.3 is 0 Å². The van der Waals surface area contributed by atoms with Gasteiger partial charge in [-0.1, -0.05) is 19.0 Å². The summed E-state index contributed by atoms with van der Waals surface area (Å²) < 4.78 is 11.4. The van der Waals surface area contributed by atoms with Gasteiger partial charge in [-0.2, -0.15) is 0 Å². The van der Waals surface area contributed by atoms with E-state index in [-0.39, 0.29) is 31.5 Å². The number of amides is 1. The first-order chi connectivity index (χ1) is 13.8. The zero-order valence-electron chi connectivity index (χ0n) is 16.9. The molecular weight excluding hydrogens is 404 g/mol. The van der Waals surface area contributed by atoms with Crippen LogP contribution in [0.15, 0.2) is 16.9 Å². The van der Waals surface area contributed by atoms with Crippen LogP contribution in [0.1, 0.15) is 52.2 Å². The molecule has 7 heteroatoms. The van der Waals surface area contributed by atoms with E-state index in [9.17, 15) is 9.59 Å². The molecule has 4 rings (SSSR count). The van der Waals surface area contributed by atoms with Gasteiger partial charge < -0.3 is 19.4 Å². The molecule has 1 atom stereocenters. The Labute approximate surface area is 182 Å². The van der Waals surface area contributed by atoms with Crippen LogP contribution in [0.2, 0.25) is 5.02 Å². The van der Waals surface area contributed by atoms with Crippen LogP contribution < -0.4 is 10.3 Å².